The average molecular weight is 457 g/mol. The molecule has 32 heavy (non-hydrogen) atoms. The lowest BCUT2D eigenvalue weighted by Crippen LogP contribution is -2.67. The van der Waals surface area contributed by atoms with E-state index in [1.807, 2.05) is 30.3 Å². The van der Waals surface area contributed by atoms with Gasteiger partial charge in [0.2, 0.25) is 5.91 Å². The second-order valence-electron chi connectivity index (χ2n) is 8.02. The maximum atomic E-state index is 11.9. The van der Waals surface area contributed by atoms with Crippen molar-refractivity contribution in [2.75, 3.05) is 6.61 Å². The van der Waals surface area contributed by atoms with Crippen molar-refractivity contribution in [3.63, 3.8) is 0 Å². The summed E-state index contributed by atoms with van der Waals surface area (Å²) in [5.41, 5.74) is 0.864. The first-order valence-electron chi connectivity index (χ1n) is 10.4. The molecule has 180 valence electrons. The third-order valence-electron chi connectivity index (χ3n) is 5.58. The van der Waals surface area contributed by atoms with E-state index in [0.717, 1.165) is 5.56 Å². The molecule has 0 spiro atoms. The first-order valence-corrected chi connectivity index (χ1v) is 10.4. The second kappa shape index (κ2) is 11.0. The third kappa shape index (κ3) is 5.63. The van der Waals surface area contributed by atoms with Crippen LogP contribution in [0.5, 0.6) is 0 Å². The molecule has 0 bridgehead atoms. The largest absolute Gasteiger partial charge is 0.394 e. The van der Waals surface area contributed by atoms with Crippen LogP contribution in [0.25, 0.3) is 0 Å². The zero-order chi connectivity index (χ0) is 23.4. The van der Waals surface area contributed by atoms with Crippen LogP contribution < -0.4 is 5.32 Å². The Morgan fingerprint density at radius 3 is 2.31 bits per heavy atom. The molecule has 2 saturated heterocycles. The Morgan fingerprint density at radius 1 is 1.00 bits per heavy atom. The highest BCUT2D eigenvalue weighted by atomic mass is 16.7. The molecule has 1 aromatic rings. The predicted octanol–water partition coefficient (Wildman–Crippen LogP) is -2.00. The minimum atomic E-state index is -1.67. The van der Waals surface area contributed by atoms with Gasteiger partial charge in [-0.3, -0.25) is 4.79 Å². The Hall–Kier alpha value is -1.67. The third-order valence-corrected chi connectivity index (χ3v) is 5.58. The van der Waals surface area contributed by atoms with Gasteiger partial charge in [-0.25, -0.2) is 0 Å². The van der Waals surface area contributed by atoms with Crippen LogP contribution in [0, 0.1) is 0 Å². The number of amides is 1. The Kier molecular flexibility index (Phi) is 8.55. The first kappa shape index (κ1) is 25.0. The van der Waals surface area contributed by atoms with Gasteiger partial charge in [-0.15, -0.1) is 0 Å². The normalized spacial score (nSPS) is 40.1. The zero-order valence-electron chi connectivity index (χ0n) is 17.9. The van der Waals surface area contributed by atoms with E-state index in [2.05, 4.69) is 5.32 Å². The molecule has 1 aromatic carbocycles. The molecule has 2 aliphatic heterocycles. The first-order chi connectivity index (χ1) is 15.2. The zero-order valence-corrected chi connectivity index (χ0v) is 17.9. The van der Waals surface area contributed by atoms with Gasteiger partial charge in [0.25, 0.3) is 0 Å². The molecule has 10 atom stereocenters. The molecule has 2 fully saturated rings. The molecule has 11 nitrogen and oxygen atoms in total. The number of carbonyl (C=O) groups excluding carboxylic acids is 1. The van der Waals surface area contributed by atoms with Gasteiger partial charge in [0.1, 0.15) is 42.7 Å². The smallest absolute Gasteiger partial charge is 0.217 e. The minimum absolute atomic E-state index is 0.164. The number of carbonyl (C=O) groups is 1. The molecule has 2 heterocycles. The van der Waals surface area contributed by atoms with E-state index in [9.17, 15) is 30.3 Å². The number of aliphatic hydroxyl groups excluding tert-OH is 5. The molecule has 0 aliphatic carbocycles. The quantitative estimate of drug-likeness (QED) is 0.269. The lowest BCUT2D eigenvalue weighted by Gasteiger charge is -2.47. The number of rotatable bonds is 7. The van der Waals surface area contributed by atoms with Gasteiger partial charge in [0.05, 0.1) is 19.3 Å². The van der Waals surface area contributed by atoms with Crippen LogP contribution in [-0.4, -0.2) is 99.4 Å². The highest BCUT2D eigenvalue weighted by molar-refractivity contribution is 5.73. The van der Waals surface area contributed by atoms with Crippen molar-refractivity contribution in [2.45, 2.75) is 81.8 Å². The van der Waals surface area contributed by atoms with Crippen molar-refractivity contribution < 1.29 is 49.3 Å². The standard InChI is InChI=1S/C21H31NO10/c1-10-15(25)19(32-21-18(28)17(27)16(26)13(8-23)31-21)14(22-11(2)24)20(30-10)29-9-12-6-4-3-5-7-12/h3-7,10,13-21,23,25-28H,8-9H2,1-2H3,(H,22,24)/t10-,13-,14-,15+,16+,17+,18-,19-,20+,21+/m1/s1. The maximum Gasteiger partial charge on any atom is 0.217 e. The van der Waals surface area contributed by atoms with E-state index in [0.29, 0.717) is 0 Å². The fourth-order valence-corrected chi connectivity index (χ4v) is 3.79. The van der Waals surface area contributed by atoms with Crippen molar-refractivity contribution in [3.8, 4) is 0 Å². The van der Waals surface area contributed by atoms with E-state index in [4.69, 9.17) is 18.9 Å². The molecule has 2 aliphatic rings. The number of hydrogen-bond acceptors (Lipinski definition) is 10. The van der Waals surface area contributed by atoms with E-state index in [1.165, 1.54) is 6.92 Å². The second-order valence-corrected chi connectivity index (χ2v) is 8.02. The van der Waals surface area contributed by atoms with Crippen molar-refractivity contribution in [1.82, 2.24) is 5.32 Å². The Morgan fingerprint density at radius 2 is 1.69 bits per heavy atom. The van der Waals surface area contributed by atoms with Crippen LogP contribution in [0.4, 0.5) is 0 Å². The molecule has 0 radical (unpaired) electrons. The molecule has 6 N–H and O–H groups in total. The van der Waals surface area contributed by atoms with Gasteiger partial charge in [0, 0.05) is 6.92 Å². The number of hydrogen-bond donors (Lipinski definition) is 6. The summed E-state index contributed by atoms with van der Waals surface area (Å²) < 4.78 is 22.8. The highest BCUT2D eigenvalue weighted by Gasteiger charge is 2.50. The van der Waals surface area contributed by atoms with Crippen LogP contribution in [0.3, 0.4) is 0 Å². The molecular formula is C21H31NO10. The van der Waals surface area contributed by atoms with Crippen LogP contribution >= 0.6 is 0 Å². The molecule has 0 saturated carbocycles. The lowest BCUT2D eigenvalue weighted by atomic mass is 9.95. The number of benzene rings is 1. The molecule has 0 unspecified atom stereocenters. The fraction of sp³-hybridized carbons (Fsp3) is 0.667. The maximum absolute atomic E-state index is 11.9. The molecule has 3 rings (SSSR count). The Bertz CT molecular complexity index is 735. The summed E-state index contributed by atoms with van der Waals surface area (Å²) in [4.78, 5) is 11.9. The van der Waals surface area contributed by atoms with Crippen molar-refractivity contribution in [2.24, 2.45) is 0 Å². The average Bonchev–Trinajstić information content (AvgIpc) is 2.78. The van der Waals surface area contributed by atoms with E-state index >= 15 is 0 Å². The van der Waals surface area contributed by atoms with Gasteiger partial charge in [-0.05, 0) is 12.5 Å². The topological polar surface area (TPSA) is 167 Å². The Balaban J connectivity index is 1.79. The summed E-state index contributed by atoms with van der Waals surface area (Å²) in [6.45, 7) is 2.41. The monoisotopic (exact) mass is 457 g/mol. The van der Waals surface area contributed by atoms with E-state index in [1.54, 1.807) is 6.92 Å². The van der Waals surface area contributed by atoms with Crippen molar-refractivity contribution >= 4 is 5.91 Å². The van der Waals surface area contributed by atoms with Crippen LogP contribution in [0.1, 0.15) is 19.4 Å². The summed E-state index contributed by atoms with van der Waals surface area (Å²) in [5.74, 6) is -0.434. The minimum Gasteiger partial charge on any atom is -0.394 e. The molecular weight excluding hydrogens is 426 g/mol. The SMILES string of the molecule is CC(=O)N[C@H]1[C@@H](OCc2ccccc2)O[C@H](C)[C@H](O)[C@@H]1O[C@@H]1O[C@H](CO)[C@H](O)[C@H](O)[C@H]1O. The van der Waals surface area contributed by atoms with Crippen LogP contribution in [0.15, 0.2) is 30.3 Å². The number of aliphatic hydroxyl groups is 5. The summed E-state index contributed by atoms with van der Waals surface area (Å²) in [6, 6.07) is 8.29. The van der Waals surface area contributed by atoms with Gasteiger partial charge in [0.15, 0.2) is 12.6 Å². The summed E-state index contributed by atoms with van der Waals surface area (Å²) in [6.07, 6.45) is -11.7. The van der Waals surface area contributed by atoms with Gasteiger partial charge >= 0.3 is 0 Å². The summed E-state index contributed by atoms with van der Waals surface area (Å²) >= 11 is 0. The molecule has 1 amide bonds. The van der Waals surface area contributed by atoms with Crippen molar-refractivity contribution in [3.05, 3.63) is 35.9 Å². The molecule has 0 aromatic heterocycles. The summed E-state index contributed by atoms with van der Waals surface area (Å²) in [5, 5.41) is 53.1. The fourth-order valence-electron chi connectivity index (χ4n) is 3.79. The lowest BCUT2D eigenvalue weighted by molar-refractivity contribution is -0.343. The van der Waals surface area contributed by atoms with Gasteiger partial charge in [-0.2, -0.15) is 0 Å². The molecule has 11 heteroatoms. The Labute approximate surface area is 185 Å². The predicted molar refractivity (Wildman–Crippen MR) is 108 cm³/mol. The number of ether oxygens (including phenoxy) is 4. The highest BCUT2D eigenvalue weighted by Crippen LogP contribution is 2.30. The van der Waals surface area contributed by atoms with Crippen LogP contribution in [-0.2, 0) is 30.3 Å². The summed E-state index contributed by atoms with van der Waals surface area (Å²) in [7, 11) is 0. The van der Waals surface area contributed by atoms with Gasteiger partial charge < -0.3 is 49.8 Å². The van der Waals surface area contributed by atoms with Gasteiger partial charge in [-0.1, -0.05) is 30.3 Å². The number of nitrogens with one attached hydrogen (secondary N) is 1. The van der Waals surface area contributed by atoms with Crippen LogP contribution in [0.2, 0.25) is 0 Å². The van der Waals surface area contributed by atoms with E-state index in [-0.39, 0.29) is 6.61 Å². The van der Waals surface area contributed by atoms with E-state index < -0.39 is 73.9 Å². The van der Waals surface area contributed by atoms with Crippen molar-refractivity contribution in [1.29, 1.82) is 0 Å².